The van der Waals surface area contributed by atoms with E-state index in [2.05, 4.69) is 21.2 Å². The highest BCUT2D eigenvalue weighted by atomic mass is 79.9. The van der Waals surface area contributed by atoms with Gasteiger partial charge in [-0.25, -0.2) is 0 Å². The second-order valence-electron chi connectivity index (χ2n) is 4.01. The van der Waals surface area contributed by atoms with E-state index in [1.807, 2.05) is 18.2 Å². The smallest absolute Gasteiger partial charge is 0.262 e. The summed E-state index contributed by atoms with van der Waals surface area (Å²) < 4.78 is 6.17. The zero-order valence-electron chi connectivity index (χ0n) is 10.5. The van der Waals surface area contributed by atoms with Crippen LogP contribution in [0.5, 0.6) is 5.75 Å². The summed E-state index contributed by atoms with van der Waals surface area (Å²) in [4.78, 5) is 11.9. The SMILES string of the molecule is O=C(COc1ccccc1Br)Nc1c(Cl)cc(Cl)cc1Cl. The van der Waals surface area contributed by atoms with Crippen LogP contribution in [0.4, 0.5) is 5.69 Å². The summed E-state index contributed by atoms with van der Waals surface area (Å²) >= 11 is 21.1. The van der Waals surface area contributed by atoms with Crippen molar-refractivity contribution in [1.29, 1.82) is 0 Å². The van der Waals surface area contributed by atoms with Gasteiger partial charge >= 0.3 is 0 Å². The number of anilines is 1. The zero-order valence-corrected chi connectivity index (χ0v) is 14.4. The van der Waals surface area contributed by atoms with Gasteiger partial charge < -0.3 is 10.1 Å². The van der Waals surface area contributed by atoms with Crippen LogP contribution in [-0.2, 0) is 4.79 Å². The van der Waals surface area contributed by atoms with Crippen LogP contribution in [0.3, 0.4) is 0 Å². The van der Waals surface area contributed by atoms with Crippen molar-refractivity contribution in [2.24, 2.45) is 0 Å². The second kappa shape index (κ2) is 7.36. The third-order valence-corrected chi connectivity index (χ3v) is 3.94. The molecule has 0 atom stereocenters. The van der Waals surface area contributed by atoms with E-state index >= 15 is 0 Å². The summed E-state index contributed by atoms with van der Waals surface area (Å²) in [5, 5.41) is 3.52. The van der Waals surface area contributed by atoms with Crippen LogP contribution < -0.4 is 10.1 Å². The number of hydrogen-bond donors (Lipinski definition) is 1. The number of para-hydroxylation sites is 1. The van der Waals surface area contributed by atoms with Crippen molar-refractivity contribution in [1.82, 2.24) is 0 Å². The van der Waals surface area contributed by atoms with Crippen molar-refractivity contribution in [3.8, 4) is 5.75 Å². The Morgan fingerprint density at radius 1 is 1.14 bits per heavy atom. The molecular formula is C14H9BrCl3NO2. The molecule has 3 nitrogen and oxygen atoms in total. The summed E-state index contributed by atoms with van der Waals surface area (Å²) in [7, 11) is 0. The molecule has 0 fully saturated rings. The molecule has 110 valence electrons. The lowest BCUT2D eigenvalue weighted by atomic mass is 10.3. The maximum absolute atomic E-state index is 11.9. The van der Waals surface area contributed by atoms with Gasteiger partial charge in [0.15, 0.2) is 6.61 Å². The highest BCUT2D eigenvalue weighted by Crippen LogP contribution is 2.33. The molecule has 0 heterocycles. The number of rotatable bonds is 4. The first kappa shape index (κ1) is 16.4. The monoisotopic (exact) mass is 407 g/mol. The molecule has 0 aliphatic heterocycles. The third-order valence-electron chi connectivity index (χ3n) is 2.47. The van der Waals surface area contributed by atoms with Crippen molar-refractivity contribution < 1.29 is 9.53 Å². The molecule has 7 heteroatoms. The maximum Gasteiger partial charge on any atom is 0.262 e. The summed E-state index contributed by atoms with van der Waals surface area (Å²) in [5.41, 5.74) is 0.309. The highest BCUT2D eigenvalue weighted by Gasteiger charge is 2.12. The van der Waals surface area contributed by atoms with E-state index in [0.717, 1.165) is 4.47 Å². The second-order valence-corrected chi connectivity index (χ2v) is 6.12. The van der Waals surface area contributed by atoms with Gasteiger partial charge in [0.1, 0.15) is 5.75 Å². The average Bonchev–Trinajstić information content (AvgIpc) is 2.42. The minimum absolute atomic E-state index is 0.169. The zero-order chi connectivity index (χ0) is 15.4. The Bertz CT molecular complexity index is 656. The molecule has 2 aromatic rings. The van der Waals surface area contributed by atoms with E-state index < -0.39 is 0 Å². The van der Waals surface area contributed by atoms with Gasteiger partial charge in [0, 0.05) is 5.02 Å². The number of amides is 1. The third kappa shape index (κ3) is 4.51. The molecular weight excluding hydrogens is 400 g/mol. The molecule has 0 spiro atoms. The lowest BCUT2D eigenvalue weighted by Crippen LogP contribution is -2.20. The molecule has 0 radical (unpaired) electrons. The van der Waals surface area contributed by atoms with Crippen LogP contribution in [0.1, 0.15) is 0 Å². The van der Waals surface area contributed by atoms with Crippen molar-refractivity contribution in [3.63, 3.8) is 0 Å². The van der Waals surface area contributed by atoms with Crippen LogP contribution in [0, 0.1) is 0 Å². The van der Waals surface area contributed by atoms with Gasteiger partial charge in [-0.2, -0.15) is 0 Å². The minimum atomic E-state index is -0.378. The number of nitrogens with one attached hydrogen (secondary N) is 1. The lowest BCUT2D eigenvalue weighted by molar-refractivity contribution is -0.118. The number of halogens is 4. The molecule has 2 aromatic carbocycles. The predicted octanol–water partition coefficient (Wildman–Crippen LogP) is 5.43. The Kier molecular flexibility index (Phi) is 5.76. The normalized spacial score (nSPS) is 10.3. The molecule has 2 rings (SSSR count). The molecule has 0 aliphatic carbocycles. The number of carbonyl (C=O) groups excluding carboxylic acids is 1. The van der Waals surface area contributed by atoms with Crippen molar-refractivity contribution in [2.45, 2.75) is 0 Å². The van der Waals surface area contributed by atoms with Gasteiger partial charge in [0.05, 0.1) is 20.2 Å². The quantitative estimate of drug-likeness (QED) is 0.732. The molecule has 0 unspecified atom stereocenters. The Morgan fingerprint density at radius 2 is 1.76 bits per heavy atom. The average molecular weight is 409 g/mol. The van der Waals surface area contributed by atoms with Gasteiger partial charge in [-0.1, -0.05) is 46.9 Å². The van der Waals surface area contributed by atoms with Gasteiger partial charge in [-0.05, 0) is 40.2 Å². The topological polar surface area (TPSA) is 38.3 Å². The molecule has 0 aliphatic rings. The van der Waals surface area contributed by atoms with E-state index in [-0.39, 0.29) is 22.6 Å². The molecule has 1 N–H and O–H groups in total. The van der Waals surface area contributed by atoms with Gasteiger partial charge in [0.25, 0.3) is 5.91 Å². The Hall–Kier alpha value is -0.940. The lowest BCUT2D eigenvalue weighted by Gasteiger charge is -2.11. The van der Waals surface area contributed by atoms with E-state index in [1.54, 1.807) is 6.07 Å². The molecule has 21 heavy (non-hydrogen) atoms. The van der Waals surface area contributed by atoms with Crippen molar-refractivity contribution >= 4 is 62.3 Å². The van der Waals surface area contributed by atoms with Crippen LogP contribution in [0.2, 0.25) is 15.1 Å². The van der Waals surface area contributed by atoms with Gasteiger partial charge in [-0.15, -0.1) is 0 Å². The van der Waals surface area contributed by atoms with Crippen molar-refractivity contribution in [2.75, 3.05) is 11.9 Å². The van der Waals surface area contributed by atoms with Crippen LogP contribution in [0.15, 0.2) is 40.9 Å². The summed E-state index contributed by atoms with van der Waals surface area (Å²) in [6, 6.07) is 10.2. The van der Waals surface area contributed by atoms with Crippen LogP contribution in [-0.4, -0.2) is 12.5 Å². The first-order valence-corrected chi connectivity index (χ1v) is 7.72. The van der Waals surface area contributed by atoms with E-state index in [9.17, 15) is 4.79 Å². The number of carbonyl (C=O) groups is 1. The summed E-state index contributed by atoms with van der Waals surface area (Å²) in [5.74, 6) is 0.192. The first-order valence-electron chi connectivity index (χ1n) is 5.79. The number of ether oxygens (including phenoxy) is 1. The fourth-order valence-corrected chi connectivity index (χ4v) is 2.85. The molecule has 1 amide bonds. The van der Waals surface area contributed by atoms with Gasteiger partial charge in [-0.3, -0.25) is 4.79 Å². The van der Waals surface area contributed by atoms with E-state index in [4.69, 9.17) is 39.5 Å². The Balaban J connectivity index is 2.01. The minimum Gasteiger partial charge on any atom is -0.483 e. The number of hydrogen-bond acceptors (Lipinski definition) is 2. The van der Waals surface area contributed by atoms with Gasteiger partial charge in [0.2, 0.25) is 0 Å². The summed E-state index contributed by atoms with van der Waals surface area (Å²) in [6.07, 6.45) is 0. The van der Waals surface area contributed by atoms with Crippen molar-refractivity contribution in [3.05, 3.63) is 55.9 Å². The fraction of sp³-hybridized carbons (Fsp3) is 0.0714. The van der Waals surface area contributed by atoms with E-state index in [0.29, 0.717) is 16.5 Å². The first-order chi connectivity index (χ1) is 9.97. The molecule has 0 saturated heterocycles. The Labute approximate surface area is 145 Å². The highest BCUT2D eigenvalue weighted by molar-refractivity contribution is 9.10. The maximum atomic E-state index is 11.9. The largest absolute Gasteiger partial charge is 0.483 e. The molecule has 0 aromatic heterocycles. The Morgan fingerprint density at radius 3 is 2.38 bits per heavy atom. The van der Waals surface area contributed by atoms with E-state index in [1.165, 1.54) is 12.1 Å². The molecule has 0 bridgehead atoms. The number of benzene rings is 2. The van der Waals surface area contributed by atoms with Crippen LogP contribution >= 0.6 is 50.7 Å². The fourth-order valence-electron chi connectivity index (χ4n) is 1.54. The molecule has 0 saturated carbocycles. The standard InChI is InChI=1S/C14H9BrCl3NO2/c15-9-3-1-2-4-12(9)21-7-13(20)19-14-10(17)5-8(16)6-11(14)18/h1-6H,7H2,(H,19,20). The summed E-state index contributed by atoms with van der Waals surface area (Å²) in [6.45, 7) is -0.169. The predicted molar refractivity (Wildman–Crippen MR) is 89.7 cm³/mol. The van der Waals surface area contributed by atoms with Crippen LogP contribution in [0.25, 0.3) is 0 Å².